The SMILES string of the molecule is Clc1ccc(CN2CCC(Nc3ccc4nccnc4n3)CC2)cc1Cl. The van der Waals surface area contributed by atoms with E-state index in [0.29, 0.717) is 21.7 Å². The highest BCUT2D eigenvalue weighted by atomic mass is 35.5. The second-order valence-corrected chi connectivity index (χ2v) is 7.35. The normalized spacial score (nSPS) is 16.1. The van der Waals surface area contributed by atoms with Crippen molar-refractivity contribution in [2.45, 2.75) is 25.4 Å². The molecular weight excluding hydrogens is 369 g/mol. The first-order valence-electron chi connectivity index (χ1n) is 8.68. The van der Waals surface area contributed by atoms with Gasteiger partial charge >= 0.3 is 0 Å². The molecule has 1 aliphatic rings. The smallest absolute Gasteiger partial charge is 0.180 e. The number of hydrogen-bond donors (Lipinski definition) is 1. The summed E-state index contributed by atoms with van der Waals surface area (Å²) in [6.45, 7) is 2.96. The highest BCUT2D eigenvalue weighted by molar-refractivity contribution is 6.42. The van der Waals surface area contributed by atoms with E-state index < -0.39 is 0 Å². The van der Waals surface area contributed by atoms with Gasteiger partial charge in [-0.3, -0.25) is 9.88 Å². The lowest BCUT2D eigenvalue weighted by molar-refractivity contribution is 0.211. The van der Waals surface area contributed by atoms with Crippen LogP contribution in [0.3, 0.4) is 0 Å². The second kappa shape index (κ2) is 7.74. The zero-order valence-corrected chi connectivity index (χ0v) is 15.7. The Labute approximate surface area is 162 Å². The van der Waals surface area contributed by atoms with Crippen LogP contribution in [-0.4, -0.2) is 39.0 Å². The predicted octanol–water partition coefficient (Wildman–Crippen LogP) is 4.41. The summed E-state index contributed by atoms with van der Waals surface area (Å²) in [5.41, 5.74) is 2.68. The van der Waals surface area contributed by atoms with Crippen LogP contribution in [0.1, 0.15) is 18.4 Å². The molecule has 0 aliphatic carbocycles. The van der Waals surface area contributed by atoms with Gasteiger partial charge in [0.25, 0.3) is 0 Å². The number of likely N-dealkylation sites (tertiary alicyclic amines) is 1. The van der Waals surface area contributed by atoms with Crippen molar-refractivity contribution in [3.8, 4) is 0 Å². The lowest BCUT2D eigenvalue weighted by Crippen LogP contribution is -2.38. The molecular formula is C19H19Cl2N5. The van der Waals surface area contributed by atoms with E-state index in [1.54, 1.807) is 12.4 Å². The molecule has 0 bridgehead atoms. The molecule has 134 valence electrons. The molecule has 2 aromatic heterocycles. The minimum absolute atomic E-state index is 0.418. The van der Waals surface area contributed by atoms with Crippen LogP contribution in [0.25, 0.3) is 11.2 Å². The molecule has 7 heteroatoms. The van der Waals surface area contributed by atoms with E-state index in [1.807, 2.05) is 30.3 Å². The lowest BCUT2D eigenvalue weighted by Gasteiger charge is -2.32. The molecule has 0 atom stereocenters. The number of nitrogens with one attached hydrogen (secondary N) is 1. The predicted molar refractivity (Wildman–Crippen MR) is 106 cm³/mol. The Morgan fingerprint density at radius 2 is 1.81 bits per heavy atom. The van der Waals surface area contributed by atoms with Crippen molar-refractivity contribution in [3.63, 3.8) is 0 Å². The number of fused-ring (bicyclic) bond motifs is 1. The zero-order chi connectivity index (χ0) is 17.9. The fourth-order valence-electron chi connectivity index (χ4n) is 3.28. The Bertz CT molecular complexity index is 909. The summed E-state index contributed by atoms with van der Waals surface area (Å²) in [5, 5.41) is 4.75. The standard InChI is InChI=1S/C19H19Cl2N5/c20-15-2-1-13(11-16(15)21)12-26-9-5-14(6-10-26)24-18-4-3-17-19(25-18)23-8-7-22-17/h1-4,7-8,11,14H,5-6,9-10,12H2,(H,23,24,25). The number of halogens is 2. The number of rotatable bonds is 4. The van der Waals surface area contributed by atoms with Gasteiger partial charge in [0.2, 0.25) is 0 Å². The number of anilines is 1. The van der Waals surface area contributed by atoms with Crippen molar-refractivity contribution >= 4 is 40.2 Å². The van der Waals surface area contributed by atoms with E-state index in [0.717, 1.165) is 43.8 Å². The molecule has 0 saturated carbocycles. The van der Waals surface area contributed by atoms with Gasteiger partial charge < -0.3 is 5.32 Å². The number of benzene rings is 1. The van der Waals surface area contributed by atoms with Gasteiger partial charge in [0.15, 0.2) is 5.65 Å². The van der Waals surface area contributed by atoms with Crippen LogP contribution in [0.2, 0.25) is 10.0 Å². The number of pyridine rings is 1. The van der Waals surface area contributed by atoms with Gasteiger partial charge in [-0.25, -0.2) is 9.97 Å². The third kappa shape index (κ3) is 4.06. The Morgan fingerprint density at radius 1 is 1.00 bits per heavy atom. The maximum absolute atomic E-state index is 6.11. The van der Waals surface area contributed by atoms with Crippen molar-refractivity contribution in [1.29, 1.82) is 0 Å². The third-order valence-corrected chi connectivity index (χ3v) is 5.40. The molecule has 3 aromatic rings. The van der Waals surface area contributed by atoms with Crippen molar-refractivity contribution in [2.24, 2.45) is 0 Å². The van der Waals surface area contributed by atoms with Crippen molar-refractivity contribution < 1.29 is 0 Å². The van der Waals surface area contributed by atoms with E-state index in [2.05, 4.69) is 25.2 Å². The average molecular weight is 388 g/mol. The number of hydrogen-bond acceptors (Lipinski definition) is 5. The fourth-order valence-corrected chi connectivity index (χ4v) is 3.60. The van der Waals surface area contributed by atoms with Crippen molar-refractivity contribution in [1.82, 2.24) is 19.9 Å². The van der Waals surface area contributed by atoms with Crippen LogP contribution in [0.4, 0.5) is 5.82 Å². The molecule has 5 nitrogen and oxygen atoms in total. The van der Waals surface area contributed by atoms with E-state index in [4.69, 9.17) is 23.2 Å². The van der Waals surface area contributed by atoms with Gasteiger partial charge in [-0.05, 0) is 42.7 Å². The molecule has 1 N–H and O–H groups in total. The molecule has 3 heterocycles. The van der Waals surface area contributed by atoms with Gasteiger partial charge in [-0.1, -0.05) is 29.3 Å². The summed E-state index contributed by atoms with van der Waals surface area (Å²) in [6, 6.07) is 10.2. The fraction of sp³-hybridized carbons (Fsp3) is 0.316. The lowest BCUT2D eigenvalue weighted by atomic mass is 10.0. The van der Waals surface area contributed by atoms with Crippen LogP contribution in [-0.2, 0) is 6.54 Å². The topological polar surface area (TPSA) is 53.9 Å². The maximum atomic E-state index is 6.11. The third-order valence-electron chi connectivity index (χ3n) is 4.66. The summed E-state index contributed by atoms with van der Waals surface area (Å²) in [5.74, 6) is 0.862. The molecule has 1 fully saturated rings. The van der Waals surface area contributed by atoms with Gasteiger partial charge in [0, 0.05) is 38.1 Å². The van der Waals surface area contributed by atoms with Gasteiger partial charge in [0.1, 0.15) is 11.3 Å². The maximum Gasteiger partial charge on any atom is 0.180 e. The quantitative estimate of drug-likeness (QED) is 0.718. The molecule has 4 rings (SSSR count). The molecule has 1 aromatic carbocycles. The summed E-state index contributed by atoms with van der Waals surface area (Å²) in [4.78, 5) is 15.5. The Kier molecular flexibility index (Phi) is 5.20. The van der Waals surface area contributed by atoms with Crippen molar-refractivity contribution in [2.75, 3.05) is 18.4 Å². The largest absolute Gasteiger partial charge is 0.367 e. The molecule has 0 unspecified atom stereocenters. The molecule has 0 radical (unpaired) electrons. The Hall–Kier alpha value is -1.95. The first kappa shape index (κ1) is 17.5. The van der Waals surface area contributed by atoms with Crippen LogP contribution in [0, 0.1) is 0 Å². The van der Waals surface area contributed by atoms with E-state index in [-0.39, 0.29) is 0 Å². The average Bonchev–Trinajstić information content (AvgIpc) is 2.66. The van der Waals surface area contributed by atoms with Crippen molar-refractivity contribution in [3.05, 3.63) is 58.3 Å². The molecule has 1 saturated heterocycles. The Morgan fingerprint density at radius 3 is 2.62 bits per heavy atom. The monoisotopic (exact) mass is 387 g/mol. The summed E-state index contributed by atoms with van der Waals surface area (Å²) in [6.07, 6.45) is 5.49. The Balaban J connectivity index is 1.33. The number of piperidine rings is 1. The first-order valence-corrected chi connectivity index (χ1v) is 9.43. The van der Waals surface area contributed by atoms with E-state index in [9.17, 15) is 0 Å². The van der Waals surface area contributed by atoms with Crippen LogP contribution in [0.15, 0.2) is 42.7 Å². The van der Waals surface area contributed by atoms with Crippen LogP contribution < -0.4 is 5.32 Å². The zero-order valence-electron chi connectivity index (χ0n) is 14.2. The minimum atomic E-state index is 0.418. The van der Waals surface area contributed by atoms with Gasteiger partial charge in [-0.2, -0.15) is 0 Å². The van der Waals surface area contributed by atoms with E-state index in [1.165, 1.54) is 5.56 Å². The summed E-state index contributed by atoms with van der Waals surface area (Å²) in [7, 11) is 0. The number of nitrogens with zero attached hydrogens (tertiary/aromatic N) is 4. The molecule has 26 heavy (non-hydrogen) atoms. The first-order chi connectivity index (χ1) is 12.7. The second-order valence-electron chi connectivity index (χ2n) is 6.54. The van der Waals surface area contributed by atoms with Crippen LogP contribution >= 0.6 is 23.2 Å². The van der Waals surface area contributed by atoms with Gasteiger partial charge in [0.05, 0.1) is 10.0 Å². The van der Waals surface area contributed by atoms with Gasteiger partial charge in [-0.15, -0.1) is 0 Å². The molecule has 0 amide bonds. The van der Waals surface area contributed by atoms with E-state index >= 15 is 0 Å². The highest BCUT2D eigenvalue weighted by Gasteiger charge is 2.19. The highest BCUT2D eigenvalue weighted by Crippen LogP contribution is 2.24. The summed E-state index contributed by atoms with van der Waals surface area (Å²) >= 11 is 12.1. The summed E-state index contributed by atoms with van der Waals surface area (Å²) < 4.78 is 0. The minimum Gasteiger partial charge on any atom is -0.367 e. The van der Waals surface area contributed by atoms with Crippen LogP contribution in [0.5, 0.6) is 0 Å². The molecule has 0 spiro atoms. The number of aromatic nitrogens is 3. The molecule has 1 aliphatic heterocycles.